The fraction of sp³-hybridized carbons (Fsp3) is 0.579. The van der Waals surface area contributed by atoms with Gasteiger partial charge in [0.15, 0.2) is 5.96 Å². The lowest BCUT2D eigenvalue weighted by Gasteiger charge is -2.25. The second-order valence-corrected chi connectivity index (χ2v) is 7.53. The molecule has 1 aromatic rings. The molecule has 7 heteroatoms. The van der Waals surface area contributed by atoms with Crippen molar-refractivity contribution in [3.63, 3.8) is 0 Å². The molecule has 1 fully saturated rings. The first kappa shape index (κ1) is 20.7. The SMILES string of the molecule is CN=C(NCCC(=O)N(C)Cc1ccccc1Br)N(C)CC1CCOC1. The van der Waals surface area contributed by atoms with Crippen LogP contribution in [0.3, 0.4) is 0 Å². The van der Waals surface area contributed by atoms with Crippen molar-refractivity contribution in [2.24, 2.45) is 10.9 Å². The van der Waals surface area contributed by atoms with Crippen molar-refractivity contribution in [3.05, 3.63) is 34.3 Å². The molecule has 0 radical (unpaired) electrons. The van der Waals surface area contributed by atoms with Gasteiger partial charge < -0.3 is 19.9 Å². The summed E-state index contributed by atoms with van der Waals surface area (Å²) in [5.41, 5.74) is 1.10. The molecule has 2 rings (SSSR count). The Labute approximate surface area is 164 Å². The van der Waals surface area contributed by atoms with Gasteiger partial charge in [-0.3, -0.25) is 9.79 Å². The average molecular weight is 425 g/mol. The van der Waals surface area contributed by atoms with Gasteiger partial charge in [0.05, 0.1) is 6.61 Å². The predicted molar refractivity (Wildman–Crippen MR) is 108 cm³/mol. The van der Waals surface area contributed by atoms with Crippen molar-refractivity contribution >= 4 is 27.8 Å². The van der Waals surface area contributed by atoms with Crippen LogP contribution >= 0.6 is 15.9 Å². The number of aliphatic imine (C=N–C) groups is 1. The molecule has 6 nitrogen and oxygen atoms in total. The number of ether oxygens (including phenoxy) is 1. The first-order valence-corrected chi connectivity index (χ1v) is 9.77. The van der Waals surface area contributed by atoms with E-state index in [1.807, 2.05) is 38.4 Å². The smallest absolute Gasteiger partial charge is 0.224 e. The van der Waals surface area contributed by atoms with Crippen molar-refractivity contribution in [3.8, 4) is 0 Å². The molecule has 0 aliphatic carbocycles. The zero-order chi connectivity index (χ0) is 18.9. The third kappa shape index (κ3) is 6.29. The Morgan fingerprint density at radius 3 is 2.77 bits per heavy atom. The summed E-state index contributed by atoms with van der Waals surface area (Å²) in [5.74, 6) is 1.48. The fourth-order valence-corrected chi connectivity index (χ4v) is 3.44. The van der Waals surface area contributed by atoms with E-state index in [0.717, 1.165) is 42.2 Å². The van der Waals surface area contributed by atoms with Crippen LogP contribution in [0.2, 0.25) is 0 Å². The topological polar surface area (TPSA) is 57.2 Å². The molecule has 1 saturated heterocycles. The van der Waals surface area contributed by atoms with Gasteiger partial charge in [-0.2, -0.15) is 0 Å². The van der Waals surface area contributed by atoms with Crippen LogP contribution in [-0.4, -0.2) is 69.1 Å². The van der Waals surface area contributed by atoms with Crippen molar-refractivity contribution in [1.29, 1.82) is 0 Å². The van der Waals surface area contributed by atoms with Gasteiger partial charge in [-0.15, -0.1) is 0 Å². The zero-order valence-electron chi connectivity index (χ0n) is 15.9. The molecule has 1 N–H and O–H groups in total. The highest BCUT2D eigenvalue weighted by molar-refractivity contribution is 9.10. The van der Waals surface area contributed by atoms with E-state index in [-0.39, 0.29) is 5.91 Å². The van der Waals surface area contributed by atoms with E-state index in [1.165, 1.54) is 0 Å². The average Bonchev–Trinajstić information content (AvgIpc) is 3.13. The minimum absolute atomic E-state index is 0.107. The molecule has 0 spiro atoms. The first-order valence-electron chi connectivity index (χ1n) is 8.98. The number of carbonyl (C=O) groups is 1. The van der Waals surface area contributed by atoms with E-state index in [0.29, 0.717) is 25.4 Å². The molecule has 0 bridgehead atoms. The number of amides is 1. The molecule has 0 saturated carbocycles. The number of carbonyl (C=O) groups excluding carboxylic acids is 1. The van der Waals surface area contributed by atoms with Crippen molar-refractivity contribution in [1.82, 2.24) is 15.1 Å². The molecule has 1 aromatic carbocycles. The molecule has 0 aromatic heterocycles. The normalized spacial score (nSPS) is 17.2. The van der Waals surface area contributed by atoms with E-state index in [2.05, 4.69) is 31.1 Å². The van der Waals surface area contributed by atoms with Gasteiger partial charge >= 0.3 is 0 Å². The van der Waals surface area contributed by atoms with Gasteiger partial charge in [-0.05, 0) is 18.1 Å². The summed E-state index contributed by atoms with van der Waals surface area (Å²) in [6.07, 6.45) is 1.53. The summed E-state index contributed by atoms with van der Waals surface area (Å²) < 4.78 is 6.45. The highest BCUT2D eigenvalue weighted by Gasteiger charge is 2.19. The highest BCUT2D eigenvalue weighted by atomic mass is 79.9. The summed E-state index contributed by atoms with van der Waals surface area (Å²) >= 11 is 3.53. The summed E-state index contributed by atoms with van der Waals surface area (Å²) in [5, 5.41) is 3.28. The van der Waals surface area contributed by atoms with E-state index in [9.17, 15) is 4.79 Å². The number of rotatable bonds is 7. The van der Waals surface area contributed by atoms with Crippen LogP contribution < -0.4 is 5.32 Å². The van der Waals surface area contributed by atoms with Crippen LogP contribution in [0.4, 0.5) is 0 Å². The largest absolute Gasteiger partial charge is 0.381 e. The molecular formula is C19H29BrN4O2. The van der Waals surface area contributed by atoms with Crippen molar-refractivity contribution in [2.75, 3.05) is 47.4 Å². The van der Waals surface area contributed by atoms with Crippen molar-refractivity contribution in [2.45, 2.75) is 19.4 Å². The van der Waals surface area contributed by atoms with E-state index >= 15 is 0 Å². The van der Waals surface area contributed by atoms with Gasteiger partial charge in [0.25, 0.3) is 0 Å². The van der Waals surface area contributed by atoms with Gasteiger partial charge in [-0.1, -0.05) is 34.1 Å². The molecule has 1 aliphatic rings. The van der Waals surface area contributed by atoms with Crippen LogP contribution in [0.15, 0.2) is 33.7 Å². The summed E-state index contributed by atoms with van der Waals surface area (Å²) in [6, 6.07) is 7.97. The molecule has 1 atom stereocenters. The first-order chi connectivity index (χ1) is 12.5. The number of nitrogens with zero attached hydrogens (tertiary/aromatic N) is 3. The minimum Gasteiger partial charge on any atom is -0.381 e. The lowest BCUT2D eigenvalue weighted by molar-refractivity contribution is -0.130. The highest BCUT2D eigenvalue weighted by Crippen LogP contribution is 2.17. The number of guanidine groups is 1. The molecule has 1 heterocycles. The van der Waals surface area contributed by atoms with E-state index < -0.39 is 0 Å². The third-order valence-electron chi connectivity index (χ3n) is 4.54. The Kier molecular flexibility index (Phi) is 8.38. The number of hydrogen-bond donors (Lipinski definition) is 1. The Morgan fingerprint density at radius 2 is 2.12 bits per heavy atom. The number of hydrogen-bond acceptors (Lipinski definition) is 3. The molecule has 1 amide bonds. The second kappa shape index (κ2) is 10.5. The molecule has 1 unspecified atom stereocenters. The summed E-state index contributed by atoms with van der Waals surface area (Å²) in [4.78, 5) is 20.5. The summed E-state index contributed by atoms with van der Waals surface area (Å²) in [6.45, 7) is 3.74. The molecule has 1 aliphatic heterocycles. The van der Waals surface area contributed by atoms with Crippen LogP contribution in [0, 0.1) is 5.92 Å². The minimum atomic E-state index is 0.107. The van der Waals surface area contributed by atoms with Crippen LogP contribution in [0.1, 0.15) is 18.4 Å². The fourth-order valence-electron chi connectivity index (χ4n) is 3.03. The maximum Gasteiger partial charge on any atom is 0.224 e. The van der Waals surface area contributed by atoms with Gasteiger partial charge in [-0.25, -0.2) is 0 Å². The zero-order valence-corrected chi connectivity index (χ0v) is 17.5. The number of halogens is 1. The quantitative estimate of drug-likeness (QED) is 0.538. The van der Waals surface area contributed by atoms with Crippen molar-refractivity contribution < 1.29 is 9.53 Å². The maximum absolute atomic E-state index is 12.4. The standard InChI is InChI=1S/C19H29BrN4O2/c1-21-19(24(3)12-15-9-11-26-14-15)22-10-8-18(25)23(2)13-16-6-4-5-7-17(16)20/h4-7,15H,8-14H2,1-3H3,(H,21,22). The van der Waals surface area contributed by atoms with Gasteiger partial charge in [0.1, 0.15) is 0 Å². The van der Waals surface area contributed by atoms with Gasteiger partial charge in [0.2, 0.25) is 5.91 Å². The lowest BCUT2D eigenvalue weighted by atomic mass is 10.1. The second-order valence-electron chi connectivity index (χ2n) is 6.68. The Balaban J connectivity index is 1.74. The van der Waals surface area contributed by atoms with Gasteiger partial charge in [0, 0.05) is 64.2 Å². The number of benzene rings is 1. The predicted octanol–water partition coefficient (Wildman–Crippen LogP) is 2.34. The third-order valence-corrected chi connectivity index (χ3v) is 5.32. The summed E-state index contributed by atoms with van der Waals surface area (Å²) in [7, 11) is 5.63. The Morgan fingerprint density at radius 1 is 1.35 bits per heavy atom. The molecule has 26 heavy (non-hydrogen) atoms. The van der Waals surface area contributed by atoms with Crippen LogP contribution in [0.25, 0.3) is 0 Å². The molecule has 144 valence electrons. The lowest BCUT2D eigenvalue weighted by Crippen LogP contribution is -2.42. The van der Waals surface area contributed by atoms with E-state index in [4.69, 9.17) is 4.74 Å². The van der Waals surface area contributed by atoms with Crippen LogP contribution in [0.5, 0.6) is 0 Å². The molecular weight excluding hydrogens is 396 g/mol. The maximum atomic E-state index is 12.4. The number of nitrogens with one attached hydrogen (secondary N) is 1. The Bertz CT molecular complexity index is 617. The monoisotopic (exact) mass is 424 g/mol. The van der Waals surface area contributed by atoms with Crippen LogP contribution in [-0.2, 0) is 16.1 Å². The Hall–Kier alpha value is -1.60. The van der Waals surface area contributed by atoms with E-state index in [1.54, 1.807) is 11.9 Å².